The van der Waals surface area contributed by atoms with E-state index < -0.39 is 17.7 Å². The largest absolute Gasteiger partial charge is 0.508 e. The van der Waals surface area contributed by atoms with E-state index in [0.717, 1.165) is 17.0 Å². The van der Waals surface area contributed by atoms with Crippen LogP contribution in [0, 0.1) is 11.6 Å². The van der Waals surface area contributed by atoms with Gasteiger partial charge in [0, 0.05) is 33.8 Å². The van der Waals surface area contributed by atoms with Gasteiger partial charge in [0.2, 0.25) is 5.91 Å². The fraction of sp³-hybridized carbons (Fsp3) is 0.172. The number of aromatic amines is 1. The first kappa shape index (κ1) is 26.9. The zero-order valence-corrected chi connectivity index (χ0v) is 21.5. The third-order valence-corrected chi connectivity index (χ3v) is 6.08. The highest BCUT2D eigenvalue weighted by Crippen LogP contribution is 2.31. The van der Waals surface area contributed by atoms with Crippen molar-refractivity contribution < 1.29 is 23.1 Å². The minimum Gasteiger partial charge on any atom is -0.508 e. The van der Waals surface area contributed by atoms with Crippen LogP contribution in [0.25, 0.3) is 22.2 Å². The molecule has 6 nitrogen and oxygen atoms in total. The summed E-state index contributed by atoms with van der Waals surface area (Å²) in [4.78, 5) is 20.6. The molecule has 1 unspecified atom stereocenters. The number of oxazole rings is 1. The molecule has 0 aliphatic carbocycles. The number of aromatic nitrogens is 2. The molecule has 0 spiro atoms. The first-order valence-corrected chi connectivity index (χ1v) is 12.5. The van der Waals surface area contributed by atoms with Crippen LogP contribution in [-0.4, -0.2) is 21.0 Å². The first-order chi connectivity index (χ1) is 18.4. The van der Waals surface area contributed by atoms with Gasteiger partial charge in [0.15, 0.2) is 12.2 Å². The summed E-state index contributed by atoms with van der Waals surface area (Å²) in [7, 11) is 0. The van der Waals surface area contributed by atoms with Crippen molar-refractivity contribution in [3.8, 4) is 17.1 Å². The smallest absolute Gasteiger partial charge is 0.225 e. The van der Waals surface area contributed by atoms with E-state index in [1.807, 2.05) is 13.8 Å². The number of carbonyl (C=O) groups is 1. The van der Waals surface area contributed by atoms with Crippen LogP contribution in [0.5, 0.6) is 5.75 Å². The second-order valence-corrected chi connectivity index (χ2v) is 8.83. The van der Waals surface area contributed by atoms with Gasteiger partial charge in [0.05, 0.1) is 12.5 Å². The number of benzene rings is 3. The third-order valence-electron chi connectivity index (χ3n) is 5.83. The van der Waals surface area contributed by atoms with Crippen molar-refractivity contribution >= 4 is 28.4 Å². The van der Waals surface area contributed by atoms with Gasteiger partial charge in [0.1, 0.15) is 23.1 Å². The highest BCUT2D eigenvalue weighted by atomic mass is 35.5. The van der Waals surface area contributed by atoms with Crippen LogP contribution in [-0.2, 0) is 17.6 Å². The van der Waals surface area contributed by atoms with Crippen molar-refractivity contribution in [2.24, 2.45) is 0 Å². The molecule has 5 aromatic rings. The Hall–Kier alpha value is -4.17. The molecule has 0 bridgehead atoms. The summed E-state index contributed by atoms with van der Waals surface area (Å²) in [5.41, 5.74) is 2.91. The second kappa shape index (κ2) is 11.9. The van der Waals surface area contributed by atoms with Gasteiger partial charge in [0.25, 0.3) is 0 Å². The van der Waals surface area contributed by atoms with Crippen LogP contribution >= 0.6 is 11.6 Å². The zero-order chi connectivity index (χ0) is 27.2. The number of hydrogen-bond acceptors (Lipinski definition) is 4. The molecule has 3 aromatic carbocycles. The summed E-state index contributed by atoms with van der Waals surface area (Å²) in [6.45, 7) is 4.00. The van der Waals surface area contributed by atoms with Gasteiger partial charge in [-0.3, -0.25) is 4.79 Å². The fourth-order valence-corrected chi connectivity index (χ4v) is 4.36. The van der Waals surface area contributed by atoms with E-state index >= 15 is 0 Å². The Morgan fingerprint density at radius 1 is 1.08 bits per heavy atom. The second-order valence-electron chi connectivity index (χ2n) is 8.40. The Morgan fingerprint density at radius 2 is 1.79 bits per heavy atom. The lowest BCUT2D eigenvalue weighted by atomic mass is 9.99. The number of nitrogens with zero attached hydrogens (tertiary/aromatic N) is 1. The van der Waals surface area contributed by atoms with E-state index in [2.05, 4.69) is 15.3 Å². The normalized spacial score (nSPS) is 11.6. The predicted octanol–water partition coefficient (Wildman–Crippen LogP) is 7.13. The van der Waals surface area contributed by atoms with Crippen LogP contribution in [0.4, 0.5) is 8.78 Å². The van der Waals surface area contributed by atoms with Crippen LogP contribution in [0.15, 0.2) is 77.7 Å². The fourth-order valence-electron chi connectivity index (χ4n) is 4.23. The molecule has 0 aliphatic rings. The Balaban J connectivity index is 0.00000164. The molecule has 0 saturated heterocycles. The van der Waals surface area contributed by atoms with Crippen LogP contribution < -0.4 is 5.32 Å². The number of amides is 1. The first-order valence-electron chi connectivity index (χ1n) is 12.1. The summed E-state index contributed by atoms with van der Waals surface area (Å²) in [6.07, 6.45) is 3.04. The summed E-state index contributed by atoms with van der Waals surface area (Å²) in [5.74, 6) is -1.28. The van der Waals surface area contributed by atoms with Gasteiger partial charge in [-0.25, -0.2) is 13.8 Å². The Labute approximate surface area is 223 Å². The zero-order valence-electron chi connectivity index (χ0n) is 20.8. The number of halogens is 3. The molecule has 3 N–H and O–H groups in total. The van der Waals surface area contributed by atoms with Crippen molar-refractivity contribution in [2.75, 3.05) is 0 Å². The van der Waals surface area contributed by atoms with Crippen molar-refractivity contribution in [2.45, 2.75) is 32.7 Å². The summed E-state index contributed by atoms with van der Waals surface area (Å²) < 4.78 is 33.4. The lowest BCUT2D eigenvalue weighted by molar-refractivity contribution is -0.121. The highest BCUT2D eigenvalue weighted by molar-refractivity contribution is 6.30. The standard InChI is InChI=1S/C27H20ClF2N3O3.C2H6/c28-18-3-1-16(2-4-18)27-26(32-14-36-27)24(9-15-7-19(29)11-20(30)8-15)33-25(35)10-17-13-31-23-6-5-21(34)12-22(17)23;1-2/h1-8,11-14,24,31,34H,9-10H2,(H,33,35);1-2H3. The van der Waals surface area contributed by atoms with Gasteiger partial charge >= 0.3 is 0 Å². The number of aromatic hydroxyl groups is 1. The van der Waals surface area contributed by atoms with Gasteiger partial charge in [-0.05, 0) is 72.1 Å². The molecule has 0 fully saturated rings. The average molecular weight is 538 g/mol. The summed E-state index contributed by atoms with van der Waals surface area (Å²) in [6, 6.07) is 14.2. The number of phenolic OH excluding ortho intramolecular Hbond substituents is 1. The number of nitrogens with one attached hydrogen (secondary N) is 2. The number of rotatable bonds is 7. The van der Waals surface area contributed by atoms with E-state index in [1.54, 1.807) is 48.7 Å². The van der Waals surface area contributed by atoms with Crippen molar-refractivity contribution in [3.05, 3.63) is 107 Å². The number of fused-ring (bicyclic) bond motifs is 1. The quantitative estimate of drug-likeness (QED) is 0.206. The van der Waals surface area contributed by atoms with E-state index in [4.69, 9.17) is 16.0 Å². The average Bonchev–Trinajstić information content (AvgIpc) is 3.52. The van der Waals surface area contributed by atoms with Crippen LogP contribution in [0.1, 0.15) is 36.7 Å². The molecule has 196 valence electrons. The Morgan fingerprint density at radius 3 is 2.50 bits per heavy atom. The molecule has 1 amide bonds. The maximum absolute atomic E-state index is 13.9. The molecule has 0 saturated carbocycles. The number of carbonyl (C=O) groups excluding carboxylic acids is 1. The molecule has 2 heterocycles. The van der Waals surface area contributed by atoms with Gasteiger partial charge in [-0.1, -0.05) is 25.4 Å². The SMILES string of the molecule is CC.O=C(Cc1c[nH]c2ccc(O)cc12)NC(Cc1cc(F)cc(F)c1)c1ncoc1-c1ccc(Cl)cc1. The van der Waals surface area contributed by atoms with E-state index in [9.17, 15) is 18.7 Å². The minimum atomic E-state index is -0.748. The molecule has 2 aromatic heterocycles. The van der Waals surface area contributed by atoms with Gasteiger partial charge in [-0.2, -0.15) is 0 Å². The number of H-pyrrole nitrogens is 1. The lowest BCUT2D eigenvalue weighted by Crippen LogP contribution is -2.31. The van der Waals surface area contributed by atoms with E-state index in [-0.39, 0.29) is 24.5 Å². The predicted molar refractivity (Wildman–Crippen MR) is 143 cm³/mol. The van der Waals surface area contributed by atoms with Crippen LogP contribution in [0.2, 0.25) is 5.02 Å². The maximum atomic E-state index is 13.9. The number of phenols is 1. The van der Waals surface area contributed by atoms with Gasteiger partial charge in [-0.15, -0.1) is 0 Å². The van der Waals surface area contributed by atoms with Crippen molar-refractivity contribution in [1.29, 1.82) is 0 Å². The van der Waals surface area contributed by atoms with Crippen LogP contribution in [0.3, 0.4) is 0 Å². The molecule has 9 heteroatoms. The summed E-state index contributed by atoms with van der Waals surface area (Å²) >= 11 is 6.01. The molecule has 0 radical (unpaired) electrons. The lowest BCUT2D eigenvalue weighted by Gasteiger charge is -2.18. The minimum absolute atomic E-state index is 0.00555. The van der Waals surface area contributed by atoms with Crippen molar-refractivity contribution in [3.63, 3.8) is 0 Å². The maximum Gasteiger partial charge on any atom is 0.225 e. The van der Waals surface area contributed by atoms with Gasteiger partial charge < -0.3 is 19.8 Å². The third kappa shape index (κ3) is 6.20. The van der Waals surface area contributed by atoms with E-state index in [0.29, 0.717) is 33.2 Å². The summed E-state index contributed by atoms with van der Waals surface area (Å²) in [5, 5.41) is 14.0. The number of hydrogen-bond donors (Lipinski definition) is 3. The van der Waals surface area contributed by atoms with E-state index in [1.165, 1.54) is 18.5 Å². The molecule has 1 atom stereocenters. The highest BCUT2D eigenvalue weighted by Gasteiger charge is 2.24. The Kier molecular flexibility index (Phi) is 8.43. The monoisotopic (exact) mass is 537 g/mol. The molecular formula is C29H26ClF2N3O3. The topological polar surface area (TPSA) is 91.2 Å². The van der Waals surface area contributed by atoms with Crippen molar-refractivity contribution in [1.82, 2.24) is 15.3 Å². The molecular weight excluding hydrogens is 512 g/mol. The molecule has 0 aliphatic heterocycles. The molecule has 38 heavy (non-hydrogen) atoms. The Bertz CT molecular complexity index is 1530. The molecule has 5 rings (SSSR count).